The zero-order valence-corrected chi connectivity index (χ0v) is 18.4. The first kappa shape index (κ1) is 20.3. The quantitative estimate of drug-likeness (QED) is 0.775. The minimum atomic E-state index is -0.667. The van der Waals surface area contributed by atoms with E-state index in [0.717, 1.165) is 42.8 Å². The van der Waals surface area contributed by atoms with E-state index in [-0.39, 0.29) is 6.03 Å². The van der Waals surface area contributed by atoms with E-state index >= 15 is 0 Å². The zero-order valence-electron chi connectivity index (χ0n) is 17.5. The van der Waals surface area contributed by atoms with E-state index in [0.29, 0.717) is 0 Å². The lowest BCUT2D eigenvalue weighted by atomic mass is 9.99. The van der Waals surface area contributed by atoms with Crippen LogP contribution in [0, 0.1) is 0 Å². The topological polar surface area (TPSA) is 56.7 Å². The lowest BCUT2D eigenvalue weighted by Crippen LogP contribution is -2.17. The molecule has 2 aromatic rings. The summed E-state index contributed by atoms with van der Waals surface area (Å²) in [6.45, 7) is 0.898. The van der Waals surface area contributed by atoms with Crippen molar-refractivity contribution in [1.82, 2.24) is 9.62 Å². The van der Waals surface area contributed by atoms with Crippen LogP contribution in [-0.2, 0) is 43.1 Å². The average Bonchev–Trinajstić information content (AvgIpc) is 3.35. The number of anilines is 1. The molecule has 0 radical (unpaired) electrons. The van der Waals surface area contributed by atoms with E-state index in [1.54, 1.807) is 0 Å². The SMILES string of the molecule is CN/S(=N\C(=O)Nc1c2c(cc3c1CCC3)CCC2)c1ccc(CN(C)C)cc1. The molecule has 29 heavy (non-hydrogen) atoms. The predicted molar refractivity (Wildman–Crippen MR) is 120 cm³/mol. The molecule has 2 amide bonds. The van der Waals surface area contributed by atoms with Crippen LogP contribution in [0.5, 0.6) is 0 Å². The number of fused-ring (bicyclic) bond motifs is 2. The second-order valence-electron chi connectivity index (χ2n) is 8.13. The van der Waals surface area contributed by atoms with Crippen molar-refractivity contribution in [2.24, 2.45) is 4.36 Å². The highest BCUT2D eigenvalue weighted by Crippen LogP contribution is 2.38. The van der Waals surface area contributed by atoms with Crippen molar-refractivity contribution in [3.05, 3.63) is 58.1 Å². The summed E-state index contributed by atoms with van der Waals surface area (Å²) in [5.74, 6) is 0. The van der Waals surface area contributed by atoms with Crippen molar-refractivity contribution in [2.75, 3.05) is 26.5 Å². The van der Waals surface area contributed by atoms with Crippen LogP contribution in [0.3, 0.4) is 0 Å². The fourth-order valence-electron chi connectivity index (χ4n) is 4.48. The molecule has 154 valence electrons. The number of urea groups is 1. The lowest BCUT2D eigenvalue weighted by Gasteiger charge is -2.15. The van der Waals surface area contributed by atoms with Crippen molar-refractivity contribution >= 4 is 22.6 Å². The predicted octanol–water partition coefficient (Wildman–Crippen LogP) is 4.25. The number of aryl methyl sites for hydroxylation is 2. The van der Waals surface area contributed by atoms with Gasteiger partial charge in [-0.25, -0.2) is 4.79 Å². The average molecular weight is 411 g/mol. The molecule has 1 unspecified atom stereocenters. The third-order valence-electron chi connectivity index (χ3n) is 5.72. The van der Waals surface area contributed by atoms with Crippen LogP contribution in [0.4, 0.5) is 10.5 Å². The molecule has 2 N–H and O–H groups in total. The van der Waals surface area contributed by atoms with Gasteiger partial charge in [0.05, 0.1) is 0 Å². The van der Waals surface area contributed by atoms with Crippen molar-refractivity contribution in [2.45, 2.75) is 50.0 Å². The molecule has 0 saturated heterocycles. The Morgan fingerprint density at radius 1 is 1.03 bits per heavy atom. The van der Waals surface area contributed by atoms with Gasteiger partial charge in [-0.05, 0) is 99.6 Å². The highest BCUT2D eigenvalue weighted by Gasteiger charge is 2.25. The first-order valence-corrected chi connectivity index (χ1v) is 11.6. The summed E-state index contributed by atoms with van der Waals surface area (Å²) in [4.78, 5) is 16.0. The van der Waals surface area contributed by atoms with Crippen LogP contribution in [-0.4, -0.2) is 32.1 Å². The number of hydrogen-bond acceptors (Lipinski definition) is 2. The second-order valence-corrected chi connectivity index (χ2v) is 9.76. The molecule has 0 aromatic heterocycles. The molecular formula is C23H30N4OS. The molecule has 2 aliphatic carbocycles. The number of hydrogen-bond donors (Lipinski definition) is 2. The molecule has 2 aromatic carbocycles. The Balaban J connectivity index is 1.56. The van der Waals surface area contributed by atoms with Gasteiger partial charge in [0.15, 0.2) is 0 Å². The van der Waals surface area contributed by atoms with E-state index in [4.69, 9.17) is 0 Å². The van der Waals surface area contributed by atoms with Crippen LogP contribution in [0.15, 0.2) is 39.6 Å². The zero-order chi connectivity index (χ0) is 20.4. The third-order valence-corrected chi connectivity index (χ3v) is 7.17. The number of nitrogens with one attached hydrogen (secondary N) is 2. The standard InChI is InChI=1S/C23H30N4OS/c1-24-29(19-12-10-16(11-13-19)15-27(2)3)26-23(28)25-22-20-8-4-6-17(20)14-18-7-5-9-21(18)22/h10-14H,4-9,15H2,1-3H3,(H2,24,25,26,28). The van der Waals surface area contributed by atoms with E-state index in [1.165, 1.54) is 40.7 Å². The number of carbonyl (C=O) groups excluding carboxylic acids is 1. The molecule has 0 heterocycles. The van der Waals surface area contributed by atoms with E-state index < -0.39 is 10.9 Å². The molecule has 0 bridgehead atoms. The van der Waals surface area contributed by atoms with Crippen LogP contribution in [0.25, 0.3) is 0 Å². The van der Waals surface area contributed by atoms with E-state index in [2.05, 4.69) is 63.7 Å². The van der Waals surface area contributed by atoms with Gasteiger partial charge in [0, 0.05) is 28.0 Å². The summed E-state index contributed by atoms with van der Waals surface area (Å²) >= 11 is 0. The maximum Gasteiger partial charge on any atom is 0.352 e. The molecule has 0 spiro atoms. The molecule has 4 rings (SSSR count). The van der Waals surface area contributed by atoms with Crippen molar-refractivity contribution < 1.29 is 4.79 Å². The summed E-state index contributed by atoms with van der Waals surface area (Å²) in [6.07, 6.45) is 6.73. The Hall–Kier alpha value is -2.02. The minimum absolute atomic E-state index is 0.255. The molecule has 6 heteroatoms. The maximum atomic E-state index is 12.8. The summed E-state index contributed by atoms with van der Waals surface area (Å²) < 4.78 is 7.65. The third kappa shape index (κ3) is 4.44. The number of nitrogens with zero attached hydrogens (tertiary/aromatic N) is 2. The Labute approximate surface area is 176 Å². The summed E-state index contributed by atoms with van der Waals surface area (Å²) in [5, 5.41) is 3.17. The normalized spacial score (nSPS) is 16.1. The fraction of sp³-hybridized carbons (Fsp3) is 0.435. The number of amides is 2. The van der Waals surface area contributed by atoms with Gasteiger partial charge in [0.25, 0.3) is 0 Å². The molecule has 0 fully saturated rings. The molecule has 0 aliphatic heterocycles. The largest absolute Gasteiger partial charge is 0.352 e. The van der Waals surface area contributed by atoms with Gasteiger partial charge >= 0.3 is 6.03 Å². The van der Waals surface area contributed by atoms with Crippen molar-refractivity contribution in [1.29, 1.82) is 0 Å². The first-order valence-electron chi connectivity index (χ1n) is 10.4. The van der Waals surface area contributed by atoms with Gasteiger partial charge in [-0.1, -0.05) is 18.2 Å². The maximum absolute atomic E-state index is 12.8. The Morgan fingerprint density at radius 2 is 1.66 bits per heavy atom. The molecule has 0 saturated carbocycles. The monoisotopic (exact) mass is 410 g/mol. The molecule has 1 atom stereocenters. The van der Waals surface area contributed by atoms with Gasteiger partial charge in [0.2, 0.25) is 0 Å². The van der Waals surface area contributed by atoms with Crippen LogP contribution >= 0.6 is 0 Å². The van der Waals surface area contributed by atoms with Crippen LogP contribution in [0.1, 0.15) is 40.7 Å². The highest BCUT2D eigenvalue weighted by atomic mass is 32.2. The summed E-state index contributed by atoms with van der Waals surface area (Å²) in [5.41, 5.74) is 7.83. The fourth-order valence-corrected chi connectivity index (χ4v) is 5.52. The van der Waals surface area contributed by atoms with Gasteiger partial charge in [0.1, 0.15) is 0 Å². The van der Waals surface area contributed by atoms with Crippen molar-refractivity contribution in [3.63, 3.8) is 0 Å². The van der Waals surface area contributed by atoms with Gasteiger partial charge in [-0.3, -0.25) is 4.72 Å². The minimum Gasteiger partial charge on any atom is -0.305 e. The Morgan fingerprint density at radius 3 is 2.21 bits per heavy atom. The Kier molecular flexibility index (Phi) is 6.13. The molecule has 5 nitrogen and oxygen atoms in total. The van der Waals surface area contributed by atoms with Crippen LogP contribution in [0.2, 0.25) is 0 Å². The van der Waals surface area contributed by atoms with Gasteiger partial charge in [-0.15, -0.1) is 0 Å². The second kappa shape index (κ2) is 8.78. The molecular weight excluding hydrogens is 380 g/mol. The highest BCUT2D eigenvalue weighted by molar-refractivity contribution is 7.85. The van der Waals surface area contributed by atoms with E-state index in [1.807, 2.05) is 7.05 Å². The van der Waals surface area contributed by atoms with Crippen molar-refractivity contribution in [3.8, 4) is 0 Å². The molecule has 2 aliphatic rings. The van der Waals surface area contributed by atoms with Gasteiger partial charge in [-0.2, -0.15) is 4.36 Å². The van der Waals surface area contributed by atoms with Crippen LogP contribution < -0.4 is 10.0 Å². The smallest absolute Gasteiger partial charge is 0.305 e. The first-order chi connectivity index (χ1) is 14.0. The van der Waals surface area contributed by atoms with Gasteiger partial charge < -0.3 is 10.2 Å². The lowest BCUT2D eigenvalue weighted by molar-refractivity contribution is 0.260. The summed E-state index contributed by atoms with van der Waals surface area (Å²) in [7, 11) is 5.30. The number of benzene rings is 2. The number of carbonyl (C=O) groups is 1. The Bertz CT molecular complexity index is 918. The summed E-state index contributed by atoms with van der Waals surface area (Å²) in [6, 6.07) is 10.5. The van der Waals surface area contributed by atoms with E-state index in [9.17, 15) is 4.79 Å². The number of rotatable bonds is 5.